The number of ether oxygens (including phenoxy) is 1. The first-order chi connectivity index (χ1) is 5.26. The summed E-state index contributed by atoms with van der Waals surface area (Å²) in [6.45, 7) is 5.12. The van der Waals surface area contributed by atoms with Gasteiger partial charge in [0.2, 0.25) is 0 Å². The van der Waals surface area contributed by atoms with E-state index in [1.54, 1.807) is 7.11 Å². The standard InChI is InChI=1S/C9H19ClO/c1-4-6-9(10)8(5-2)7-11-3/h8-9H,4-7H2,1-3H3. The van der Waals surface area contributed by atoms with Crippen molar-refractivity contribution in [2.24, 2.45) is 5.92 Å². The number of halogens is 1. The van der Waals surface area contributed by atoms with Crippen LogP contribution in [0.4, 0.5) is 0 Å². The molecule has 2 unspecified atom stereocenters. The summed E-state index contributed by atoms with van der Waals surface area (Å²) in [5.74, 6) is 0.529. The van der Waals surface area contributed by atoms with Crippen LogP contribution in [0.1, 0.15) is 33.1 Å². The lowest BCUT2D eigenvalue weighted by Crippen LogP contribution is -2.19. The predicted octanol–water partition coefficient (Wildman–Crippen LogP) is 3.07. The van der Waals surface area contributed by atoms with Crippen molar-refractivity contribution >= 4 is 11.6 Å². The van der Waals surface area contributed by atoms with Gasteiger partial charge in [-0.2, -0.15) is 0 Å². The van der Waals surface area contributed by atoms with Crippen molar-refractivity contribution in [3.63, 3.8) is 0 Å². The Morgan fingerprint density at radius 2 is 2.00 bits per heavy atom. The molecular weight excluding hydrogens is 160 g/mol. The van der Waals surface area contributed by atoms with E-state index in [0.29, 0.717) is 11.3 Å². The summed E-state index contributed by atoms with van der Waals surface area (Å²) in [4.78, 5) is 0. The quantitative estimate of drug-likeness (QED) is 0.568. The SMILES string of the molecule is CCCC(Cl)C(CC)COC. The van der Waals surface area contributed by atoms with E-state index in [-0.39, 0.29) is 0 Å². The van der Waals surface area contributed by atoms with Gasteiger partial charge in [0.1, 0.15) is 0 Å². The lowest BCUT2D eigenvalue weighted by atomic mass is 10.00. The number of rotatable bonds is 6. The normalized spacial score (nSPS) is 16.4. The molecule has 0 aliphatic carbocycles. The minimum atomic E-state index is 0.296. The molecule has 0 rings (SSSR count). The Bertz CT molecular complexity index is 85.6. The van der Waals surface area contributed by atoms with Crippen molar-refractivity contribution in [3.05, 3.63) is 0 Å². The first-order valence-corrected chi connectivity index (χ1v) is 4.82. The third-order valence-corrected chi connectivity index (χ3v) is 2.56. The summed E-state index contributed by atoms with van der Waals surface area (Å²) >= 11 is 6.15. The summed E-state index contributed by atoms with van der Waals surface area (Å²) in [5.41, 5.74) is 0. The van der Waals surface area contributed by atoms with E-state index in [1.165, 1.54) is 0 Å². The summed E-state index contributed by atoms with van der Waals surface area (Å²) in [6, 6.07) is 0. The highest BCUT2D eigenvalue weighted by molar-refractivity contribution is 6.20. The lowest BCUT2D eigenvalue weighted by Gasteiger charge is -2.18. The van der Waals surface area contributed by atoms with Crippen molar-refractivity contribution in [3.8, 4) is 0 Å². The van der Waals surface area contributed by atoms with Gasteiger partial charge in [0.25, 0.3) is 0 Å². The van der Waals surface area contributed by atoms with Crippen LogP contribution in [-0.2, 0) is 4.74 Å². The zero-order chi connectivity index (χ0) is 8.69. The van der Waals surface area contributed by atoms with Crippen molar-refractivity contribution in [1.29, 1.82) is 0 Å². The van der Waals surface area contributed by atoms with E-state index in [1.807, 2.05) is 0 Å². The van der Waals surface area contributed by atoms with Gasteiger partial charge in [0.15, 0.2) is 0 Å². The van der Waals surface area contributed by atoms with Gasteiger partial charge in [-0.3, -0.25) is 0 Å². The molecule has 0 fully saturated rings. The van der Waals surface area contributed by atoms with Gasteiger partial charge < -0.3 is 4.74 Å². The molecule has 0 saturated heterocycles. The zero-order valence-electron chi connectivity index (χ0n) is 7.77. The molecule has 0 heterocycles. The van der Waals surface area contributed by atoms with Crippen LogP contribution in [0.3, 0.4) is 0 Å². The van der Waals surface area contributed by atoms with Gasteiger partial charge in [-0.15, -0.1) is 11.6 Å². The van der Waals surface area contributed by atoms with E-state index < -0.39 is 0 Å². The van der Waals surface area contributed by atoms with E-state index in [9.17, 15) is 0 Å². The zero-order valence-corrected chi connectivity index (χ0v) is 8.53. The highest BCUT2D eigenvalue weighted by Crippen LogP contribution is 2.19. The molecular formula is C9H19ClO. The van der Waals surface area contributed by atoms with E-state index >= 15 is 0 Å². The lowest BCUT2D eigenvalue weighted by molar-refractivity contribution is 0.146. The van der Waals surface area contributed by atoms with Gasteiger partial charge in [0.05, 0.1) is 6.61 Å². The van der Waals surface area contributed by atoms with Gasteiger partial charge >= 0.3 is 0 Å². The minimum absolute atomic E-state index is 0.296. The molecule has 0 radical (unpaired) electrons. The van der Waals surface area contributed by atoms with Gasteiger partial charge in [0, 0.05) is 12.5 Å². The van der Waals surface area contributed by atoms with Crippen LogP contribution >= 0.6 is 11.6 Å². The Balaban J connectivity index is 3.61. The second-order valence-corrected chi connectivity index (χ2v) is 3.49. The molecule has 1 nitrogen and oxygen atoms in total. The Morgan fingerprint density at radius 1 is 1.36 bits per heavy atom. The molecule has 2 atom stereocenters. The maximum absolute atomic E-state index is 6.15. The third-order valence-electron chi connectivity index (χ3n) is 1.98. The van der Waals surface area contributed by atoms with Crippen LogP contribution in [0, 0.1) is 5.92 Å². The van der Waals surface area contributed by atoms with E-state index in [0.717, 1.165) is 25.9 Å². The molecule has 0 saturated carbocycles. The van der Waals surface area contributed by atoms with Crippen LogP contribution < -0.4 is 0 Å². The fraction of sp³-hybridized carbons (Fsp3) is 1.00. The fourth-order valence-electron chi connectivity index (χ4n) is 1.20. The third kappa shape index (κ3) is 4.65. The second kappa shape index (κ2) is 6.93. The second-order valence-electron chi connectivity index (χ2n) is 2.93. The summed E-state index contributed by atoms with van der Waals surface area (Å²) in [6.07, 6.45) is 3.37. The molecule has 0 aromatic heterocycles. The summed E-state index contributed by atoms with van der Waals surface area (Å²) in [7, 11) is 1.73. The molecule has 0 aromatic rings. The molecule has 0 aliphatic heterocycles. The molecule has 11 heavy (non-hydrogen) atoms. The van der Waals surface area contributed by atoms with Crippen LogP contribution in [0.2, 0.25) is 0 Å². The van der Waals surface area contributed by atoms with Gasteiger partial charge in [-0.05, 0) is 18.8 Å². The highest BCUT2D eigenvalue weighted by atomic mass is 35.5. The highest BCUT2D eigenvalue weighted by Gasteiger charge is 2.15. The topological polar surface area (TPSA) is 9.23 Å². The van der Waals surface area contributed by atoms with Gasteiger partial charge in [-0.1, -0.05) is 20.3 Å². The maximum atomic E-state index is 6.15. The molecule has 0 bridgehead atoms. The number of methoxy groups -OCH3 is 1. The average molecular weight is 179 g/mol. The molecule has 68 valence electrons. The Morgan fingerprint density at radius 3 is 2.36 bits per heavy atom. The first-order valence-electron chi connectivity index (χ1n) is 4.39. The largest absolute Gasteiger partial charge is 0.384 e. The van der Waals surface area contributed by atoms with Crippen molar-refractivity contribution < 1.29 is 4.74 Å². The van der Waals surface area contributed by atoms with Crippen molar-refractivity contribution in [1.82, 2.24) is 0 Å². The van der Waals surface area contributed by atoms with E-state index in [4.69, 9.17) is 16.3 Å². The minimum Gasteiger partial charge on any atom is -0.384 e. The fourth-order valence-corrected chi connectivity index (χ4v) is 1.67. The number of hydrogen-bond donors (Lipinski definition) is 0. The number of hydrogen-bond acceptors (Lipinski definition) is 1. The van der Waals surface area contributed by atoms with Crippen molar-refractivity contribution in [2.75, 3.05) is 13.7 Å². The Labute approximate surface area is 75.1 Å². The average Bonchev–Trinajstić information content (AvgIpc) is 2.00. The van der Waals surface area contributed by atoms with E-state index in [2.05, 4.69) is 13.8 Å². The molecule has 0 spiro atoms. The summed E-state index contributed by atoms with van der Waals surface area (Å²) in [5, 5.41) is 0.296. The first kappa shape index (κ1) is 11.2. The van der Waals surface area contributed by atoms with Crippen LogP contribution in [0.15, 0.2) is 0 Å². The summed E-state index contributed by atoms with van der Waals surface area (Å²) < 4.78 is 5.08. The monoisotopic (exact) mass is 178 g/mol. The molecule has 2 heteroatoms. The maximum Gasteiger partial charge on any atom is 0.0504 e. The van der Waals surface area contributed by atoms with Crippen LogP contribution in [0.5, 0.6) is 0 Å². The van der Waals surface area contributed by atoms with Crippen molar-refractivity contribution in [2.45, 2.75) is 38.5 Å². The molecule has 0 aliphatic rings. The Kier molecular flexibility index (Phi) is 7.09. The van der Waals surface area contributed by atoms with Crippen LogP contribution in [0.25, 0.3) is 0 Å². The Hall–Kier alpha value is 0.250. The molecule has 0 aromatic carbocycles. The molecule has 0 amide bonds. The number of alkyl halides is 1. The van der Waals surface area contributed by atoms with Gasteiger partial charge in [-0.25, -0.2) is 0 Å². The molecule has 0 N–H and O–H groups in total. The smallest absolute Gasteiger partial charge is 0.0504 e. The van der Waals surface area contributed by atoms with Crippen LogP contribution in [-0.4, -0.2) is 19.1 Å². The predicted molar refractivity (Wildman–Crippen MR) is 50.2 cm³/mol.